The van der Waals surface area contributed by atoms with Gasteiger partial charge in [-0.25, -0.2) is 0 Å². The highest BCUT2D eigenvalue weighted by Gasteiger charge is 2.19. The fourth-order valence-electron chi connectivity index (χ4n) is 3.88. The maximum absolute atomic E-state index is 10.3. The number of aromatic hydroxyl groups is 2. The molecule has 0 aromatic heterocycles. The van der Waals surface area contributed by atoms with Gasteiger partial charge in [0.25, 0.3) is 0 Å². The van der Waals surface area contributed by atoms with E-state index in [4.69, 9.17) is 0 Å². The van der Waals surface area contributed by atoms with Gasteiger partial charge in [0, 0.05) is 17.0 Å². The first-order chi connectivity index (χ1) is 13.2. The van der Waals surface area contributed by atoms with Crippen molar-refractivity contribution in [2.45, 2.75) is 83.5 Å². The van der Waals surface area contributed by atoms with Gasteiger partial charge >= 0.3 is 0 Å². The molecule has 2 aromatic carbocycles. The minimum atomic E-state index is 0.0430. The van der Waals surface area contributed by atoms with Crippen molar-refractivity contribution in [2.75, 3.05) is 0 Å². The Morgan fingerprint density at radius 2 is 1.00 bits per heavy atom. The van der Waals surface area contributed by atoms with Crippen LogP contribution >= 0.6 is 0 Å². The molecule has 2 N–H and O–H groups in total. The van der Waals surface area contributed by atoms with Crippen LogP contribution in [0.1, 0.15) is 94.6 Å². The van der Waals surface area contributed by atoms with Crippen LogP contribution < -0.4 is 0 Å². The molecule has 2 heteroatoms. The molecule has 2 aromatic rings. The van der Waals surface area contributed by atoms with Crippen LogP contribution in [0.15, 0.2) is 48.5 Å². The average Bonchev–Trinajstić information content (AvgIpc) is 2.68. The van der Waals surface area contributed by atoms with E-state index in [2.05, 4.69) is 6.92 Å². The van der Waals surface area contributed by atoms with Crippen molar-refractivity contribution in [3.8, 4) is 11.5 Å². The molecule has 0 bridgehead atoms. The number of para-hydroxylation sites is 2. The Labute approximate surface area is 165 Å². The van der Waals surface area contributed by atoms with E-state index in [-0.39, 0.29) is 5.92 Å². The van der Waals surface area contributed by atoms with Crippen LogP contribution in [0.5, 0.6) is 11.5 Å². The van der Waals surface area contributed by atoms with Crippen molar-refractivity contribution in [2.24, 2.45) is 0 Å². The van der Waals surface area contributed by atoms with E-state index < -0.39 is 0 Å². The summed E-state index contributed by atoms with van der Waals surface area (Å²) in [6.07, 6.45) is 14.1. The van der Waals surface area contributed by atoms with E-state index in [0.29, 0.717) is 11.5 Å². The SMILES string of the molecule is CCCCCCCCCCCCC(c1ccccc1O)c1ccccc1O. The predicted octanol–water partition coefficient (Wildman–Crippen LogP) is 7.54. The van der Waals surface area contributed by atoms with Crippen molar-refractivity contribution >= 4 is 0 Å². The molecule has 0 aliphatic heterocycles. The summed E-state index contributed by atoms with van der Waals surface area (Å²) in [4.78, 5) is 0. The number of hydrogen-bond donors (Lipinski definition) is 2. The second-order valence-electron chi connectivity index (χ2n) is 7.64. The quantitative estimate of drug-likeness (QED) is 0.358. The zero-order valence-electron chi connectivity index (χ0n) is 16.9. The van der Waals surface area contributed by atoms with E-state index in [1.54, 1.807) is 12.1 Å². The smallest absolute Gasteiger partial charge is 0.119 e. The Bertz CT molecular complexity index is 605. The first kappa shape index (κ1) is 21.3. The van der Waals surface area contributed by atoms with Crippen molar-refractivity contribution < 1.29 is 10.2 Å². The number of unbranched alkanes of at least 4 members (excludes halogenated alkanes) is 9. The Balaban J connectivity index is 1.82. The summed E-state index contributed by atoms with van der Waals surface area (Å²) < 4.78 is 0. The Morgan fingerprint density at radius 3 is 1.44 bits per heavy atom. The molecule has 0 saturated carbocycles. The van der Waals surface area contributed by atoms with Gasteiger partial charge in [-0.1, -0.05) is 108 Å². The lowest BCUT2D eigenvalue weighted by molar-refractivity contribution is 0.447. The molecule has 2 nitrogen and oxygen atoms in total. The zero-order valence-corrected chi connectivity index (χ0v) is 16.9. The number of rotatable bonds is 13. The van der Waals surface area contributed by atoms with E-state index in [1.807, 2.05) is 36.4 Å². The van der Waals surface area contributed by atoms with Crippen molar-refractivity contribution in [1.82, 2.24) is 0 Å². The molecule has 0 heterocycles. The van der Waals surface area contributed by atoms with Gasteiger partial charge in [-0.05, 0) is 18.6 Å². The third-order valence-corrected chi connectivity index (χ3v) is 5.47. The van der Waals surface area contributed by atoms with Gasteiger partial charge in [-0.15, -0.1) is 0 Å². The van der Waals surface area contributed by atoms with Crippen LogP contribution in [-0.4, -0.2) is 10.2 Å². The third-order valence-electron chi connectivity index (χ3n) is 5.47. The summed E-state index contributed by atoms with van der Waals surface area (Å²) in [5.74, 6) is 0.678. The number of phenolic OH excluding ortho intramolecular Hbond substituents is 2. The molecule has 0 saturated heterocycles. The molecule has 0 aliphatic carbocycles. The monoisotopic (exact) mass is 368 g/mol. The second-order valence-corrected chi connectivity index (χ2v) is 7.64. The van der Waals surface area contributed by atoms with Gasteiger partial charge in [0.1, 0.15) is 11.5 Å². The van der Waals surface area contributed by atoms with E-state index in [0.717, 1.165) is 24.0 Å². The zero-order chi connectivity index (χ0) is 19.3. The maximum atomic E-state index is 10.3. The number of benzene rings is 2. The van der Waals surface area contributed by atoms with Gasteiger partial charge in [0.2, 0.25) is 0 Å². The van der Waals surface area contributed by atoms with Crippen LogP contribution in [0.3, 0.4) is 0 Å². The molecule has 0 atom stereocenters. The van der Waals surface area contributed by atoms with Crippen molar-refractivity contribution in [1.29, 1.82) is 0 Å². The van der Waals surface area contributed by atoms with Crippen LogP contribution in [0.25, 0.3) is 0 Å². The second kappa shape index (κ2) is 12.4. The Hall–Kier alpha value is -1.96. The maximum Gasteiger partial charge on any atom is 0.119 e. The fraction of sp³-hybridized carbons (Fsp3) is 0.520. The largest absolute Gasteiger partial charge is 0.508 e. The topological polar surface area (TPSA) is 40.5 Å². The van der Waals surface area contributed by atoms with Crippen LogP contribution in [-0.2, 0) is 0 Å². The van der Waals surface area contributed by atoms with Crippen LogP contribution in [0.2, 0.25) is 0 Å². The van der Waals surface area contributed by atoms with Gasteiger partial charge in [0.15, 0.2) is 0 Å². The average molecular weight is 369 g/mol. The molecule has 0 aliphatic rings. The number of phenols is 2. The summed E-state index contributed by atoms with van der Waals surface area (Å²) in [6.45, 7) is 2.26. The van der Waals surface area contributed by atoms with Gasteiger partial charge in [0.05, 0.1) is 0 Å². The van der Waals surface area contributed by atoms with Crippen molar-refractivity contribution in [3.63, 3.8) is 0 Å². The molecular weight excluding hydrogens is 332 g/mol. The van der Waals surface area contributed by atoms with Crippen LogP contribution in [0, 0.1) is 0 Å². The summed E-state index contributed by atoms with van der Waals surface area (Å²) in [5, 5.41) is 20.6. The summed E-state index contributed by atoms with van der Waals surface area (Å²) in [7, 11) is 0. The molecule has 0 amide bonds. The standard InChI is InChI=1S/C25H36O2/c1-2-3-4-5-6-7-8-9-10-11-16-21(22-17-12-14-19-24(22)26)23-18-13-15-20-25(23)27/h12-15,17-21,26-27H,2-11,16H2,1H3. The minimum absolute atomic E-state index is 0.0430. The van der Waals surface area contributed by atoms with Gasteiger partial charge in [-0.3, -0.25) is 0 Å². The molecule has 0 spiro atoms. The highest BCUT2D eigenvalue weighted by molar-refractivity contribution is 5.45. The molecule has 148 valence electrons. The highest BCUT2D eigenvalue weighted by atomic mass is 16.3. The molecule has 2 rings (SSSR count). The first-order valence-corrected chi connectivity index (χ1v) is 10.8. The molecular formula is C25H36O2. The lowest BCUT2D eigenvalue weighted by Gasteiger charge is -2.20. The van der Waals surface area contributed by atoms with E-state index >= 15 is 0 Å². The van der Waals surface area contributed by atoms with E-state index in [9.17, 15) is 10.2 Å². The van der Waals surface area contributed by atoms with Gasteiger partial charge in [-0.2, -0.15) is 0 Å². The van der Waals surface area contributed by atoms with Gasteiger partial charge < -0.3 is 10.2 Å². The molecule has 0 radical (unpaired) electrons. The molecule has 0 unspecified atom stereocenters. The van der Waals surface area contributed by atoms with Crippen molar-refractivity contribution in [3.05, 3.63) is 59.7 Å². The van der Waals surface area contributed by atoms with E-state index in [1.165, 1.54) is 57.8 Å². The minimum Gasteiger partial charge on any atom is -0.508 e. The summed E-state index contributed by atoms with van der Waals surface area (Å²) in [5.41, 5.74) is 1.82. The fourth-order valence-corrected chi connectivity index (χ4v) is 3.88. The van der Waals surface area contributed by atoms with Crippen LogP contribution in [0.4, 0.5) is 0 Å². The predicted molar refractivity (Wildman–Crippen MR) is 115 cm³/mol. The lowest BCUT2D eigenvalue weighted by atomic mass is 9.85. The molecule has 0 fully saturated rings. The highest BCUT2D eigenvalue weighted by Crippen LogP contribution is 2.38. The number of hydrogen-bond acceptors (Lipinski definition) is 2. The third kappa shape index (κ3) is 7.28. The Morgan fingerprint density at radius 1 is 0.593 bits per heavy atom. The lowest BCUT2D eigenvalue weighted by Crippen LogP contribution is -2.02. The normalized spacial score (nSPS) is 11.2. The first-order valence-electron chi connectivity index (χ1n) is 10.8. The summed E-state index contributed by atoms with van der Waals surface area (Å²) >= 11 is 0. The molecule has 27 heavy (non-hydrogen) atoms. The Kier molecular flexibility index (Phi) is 9.83. The summed E-state index contributed by atoms with van der Waals surface area (Å²) in [6, 6.07) is 15.0.